The highest BCUT2D eigenvalue weighted by Gasteiger charge is 2.29. The molecule has 0 heterocycles. The Morgan fingerprint density at radius 2 is 1.52 bits per heavy atom. The third-order valence-corrected chi connectivity index (χ3v) is 5.50. The zero-order valence-corrected chi connectivity index (χ0v) is 18.3. The number of hydrogen-bond donors (Lipinski definition) is 3. The van der Waals surface area contributed by atoms with E-state index in [0.29, 0.717) is 18.7 Å². The third-order valence-electron chi connectivity index (χ3n) is 4.76. The topological polar surface area (TPSA) is 84.6 Å². The molecule has 1 atom stereocenters. The van der Waals surface area contributed by atoms with Gasteiger partial charge in [0.2, 0.25) is 5.91 Å². The van der Waals surface area contributed by atoms with Gasteiger partial charge in [-0.05, 0) is 71.3 Å². The minimum atomic E-state index is -4.31. The Hall–Kier alpha value is -3.17. The van der Waals surface area contributed by atoms with E-state index in [9.17, 15) is 23.1 Å². The number of carbonyl (C=O) groups is 1. The second kappa shape index (κ2) is 11.1. The quantitative estimate of drug-likeness (QED) is 0.367. The molecule has 0 saturated carbocycles. The summed E-state index contributed by atoms with van der Waals surface area (Å²) in [5.41, 5.74) is 3.75. The van der Waals surface area contributed by atoms with Crippen LogP contribution in [0.15, 0.2) is 77.7 Å². The summed E-state index contributed by atoms with van der Waals surface area (Å²) >= 11 is -0.151. The minimum absolute atomic E-state index is 0.128. The molecule has 0 aliphatic rings. The number of primary amides is 1. The number of alkyl halides is 3. The second-order valence-corrected chi connectivity index (χ2v) is 8.47. The summed E-state index contributed by atoms with van der Waals surface area (Å²) in [5.74, 6) is 0.299. The first-order valence-corrected chi connectivity index (χ1v) is 10.9. The van der Waals surface area contributed by atoms with Crippen molar-refractivity contribution < 1.29 is 27.8 Å². The molecule has 0 fully saturated rings. The molecule has 0 unspecified atom stereocenters. The number of carbonyl (C=O) groups excluding carboxylic acids is 1. The molecule has 174 valence electrons. The molecule has 3 rings (SSSR count). The number of thioether (sulfide) groups is 1. The normalized spacial score (nSPS) is 12.3. The first-order valence-electron chi connectivity index (χ1n) is 10.0. The van der Waals surface area contributed by atoms with Crippen LogP contribution in [0, 0.1) is 0 Å². The largest absolute Gasteiger partial charge is 0.508 e. The number of amides is 1. The molecular weight excluding hydrogens is 453 g/mol. The van der Waals surface area contributed by atoms with Crippen LogP contribution in [0.3, 0.4) is 0 Å². The number of nitrogens with one attached hydrogen (secondary N) is 1. The molecule has 9 heteroatoms. The van der Waals surface area contributed by atoms with E-state index >= 15 is 0 Å². The monoisotopic (exact) mass is 476 g/mol. The van der Waals surface area contributed by atoms with Gasteiger partial charge in [0.25, 0.3) is 0 Å². The Balaban J connectivity index is 1.49. The number of ether oxygens (including phenoxy) is 1. The van der Waals surface area contributed by atoms with Gasteiger partial charge < -0.3 is 20.9 Å². The van der Waals surface area contributed by atoms with Crippen molar-refractivity contribution >= 4 is 17.7 Å². The summed E-state index contributed by atoms with van der Waals surface area (Å²) in [5, 5.41) is 12.5. The molecule has 0 bridgehead atoms. The van der Waals surface area contributed by atoms with Crippen molar-refractivity contribution in [1.82, 2.24) is 5.32 Å². The third kappa shape index (κ3) is 8.36. The van der Waals surface area contributed by atoms with Gasteiger partial charge in [0.1, 0.15) is 18.1 Å². The van der Waals surface area contributed by atoms with Crippen LogP contribution in [0.4, 0.5) is 13.2 Å². The molecule has 3 aromatic rings. The first-order chi connectivity index (χ1) is 15.7. The summed E-state index contributed by atoms with van der Waals surface area (Å²) < 4.78 is 42.9. The molecule has 3 aromatic carbocycles. The summed E-state index contributed by atoms with van der Waals surface area (Å²) in [7, 11) is 0. The molecule has 0 saturated heterocycles. The predicted octanol–water partition coefficient (Wildman–Crippen LogP) is 4.77. The fourth-order valence-corrected chi connectivity index (χ4v) is 3.58. The molecule has 4 N–H and O–H groups in total. The Labute approximate surface area is 193 Å². The molecule has 0 aliphatic carbocycles. The average molecular weight is 477 g/mol. The van der Waals surface area contributed by atoms with Gasteiger partial charge in [0.15, 0.2) is 0 Å². The van der Waals surface area contributed by atoms with Crippen LogP contribution in [-0.2, 0) is 24.4 Å². The maximum Gasteiger partial charge on any atom is 0.446 e. The number of benzene rings is 3. The number of phenols is 1. The highest BCUT2D eigenvalue weighted by atomic mass is 32.2. The summed E-state index contributed by atoms with van der Waals surface area (Å²) in [6, 6.07) is 19.3. The highest BCUT2D eigenvalue weighted by Crippen LogP contribution is 2.36. The molecular formula is C24H23F3N2O3S. The predicted molar refractivity (Wildman–Crippen MR) is 121 cm³/mol. The van der Waals surface area contributed by atoms with Gasteiger partial charge in [-0.1, -0.05) is 36.4 Å². The van der Waals surface area contributed by atoms with Gasteiger partial charge >= 0.3 is 5.51 Å². The van der Waals surface area contributed by atoms with E-state index in [1.807, 2.05) is 12.1 Å². The average Bonchev–Trinajstić information content (AvgIpc) is 2.77. The minimum Gasteiger partial charge on any atom is -0.508 e. The molecule has 0 aromatic heterocycles. The van der Waals surface area contributed by atoms with Crippen molar-refractivity contribution in [3.63, 3.8) is 0 Å². The fraction of sp³-hybridized carbons (Fsp3) is 0.208. The standard InChI is InChI=1S/C24H23F3N2O3S/c25-24(26,27)33-21-11-5-18(6-12-21)15-32-20-9-3-17(4-10-20)14-29-22(23(28)31)13-16-1-7-19(30)8-2-16/h1-12,22,29-30H,13-15H2,(H2,28,31)/t22-/m0/s1. The van der Waals surface area contributed by atoms with Crippen LogP contribution in [0.25, 0.3) is 0 Å². The van der Waals surface area contributed by atoms with E-state index in [1.165, 1.54) is 12.1 Å². The second-order valence-electron chi connectivity index (χ2n) is 7.33. The SMILES string of the molecule is NC(=O)[C@H](Cc1ccc(O)cc1)NCc1ccc(OCc2ccc(SC(F)(F)F)cc2)cc1. The lowest BCUT2D eigenvalue weighted by Crippen LogP contribution is -2.42. The van der Waals surface area contributed by atoms with Crippen LogP contribution in [0.1, 0.15) is 16.7 Å². The number of halogens is 3. The first kappa shape index (κ1) is 24.5. The van der Waals surface area contributed by atoms with E-state index in [4.69, 9.17) is 10.5 Å². The van der Waals surface area contributed by atoms with E-state index in [1.54, 1.807) is 48.5 Å². The molecule has 33 heavy (non-hydrogen) atoms. The lowest BCUT2D eigenvalue weighted by Gasteiger charge is -2.16. The van der Waals surface area contributed by atoms with Gasteiger partial charge in [-0.15, -0.1) is 0 Å². The number of hydrogen-bond acceptors (Lipinski definition) is 5. The van der Waals surface area contributed by atoms with Crippen molar-refractivity contribution in [3.05, 3.63) is 89.5 Å². The van der Waals surface area contributed by atoms with Crippen LogP contribution in [-0.4, -0.2) is 22.6 Å². The lowest BCUT2D eigenvalue weighted by atomic mass is 10.0. The highest BCUT2D eigenvalue weighted by molar-refractivity contribution is 8.00. The number of phenolic OH excluding ortho intramolecular Hbond substituents is 1. The Morgan fingerprint density at radius 3 is 2.09 bits per heavy atom. The lowest BCUT2D eigenvalue weighted by molar-refractivity contribution is -0.120. The van der Waals surface area contributed by atoms with E-state index in [-0.39, 0.29) is 29.0 Å². The summed E-state index contributed by atoms with van der Waals surface area (Å²) in [6.07, 6.45) is 0.400. The van der Waals surface area contributed by atoms with Crippen molar-refractivity contribution in [2.45, 2.75) is 36.0 Å². The maximum absolute atomic E-state index is 12.4. The van der Waals surface area contributed by atoms with Crippen LogP contribution < -0.4 is 15.8 Å². The summed E-state index contributed by atoms with van der Waals surface area (Å²) in [4.78, 5) is 11.9. The Morgan fingerprint density at radius 1 is 0.939 bits per heavy atom. The molecule has 1 amide bonds. The summed E-state index contributed by atoms with van der Waals surface area (Å²) in [6.45, 7) is 0.648. The fourth-order valence-electron chi connectivity index (χ4n) is 3.04. The van der Waals surface area contributed by atoms with Crippen molar-refractivity contribution in [2.24, 2.45) is 5.73 Å². The van der Waals surface area contributed by atoms with Gasteiger partial charge in [-0.2, -0.15) is 13.2 Å². The zero-order valence-electron chi connectivity index (χ0n) is 17.5. The van der Waals surface area contributed by atoms with Crippen LogP contribution in [0.5, 0.6) is 11.5 Å². The van der Waals surface area contributed by atoms with Crippen LogP contribution in [0.2, 0.25) is 0 Å². The van der Waals surface area contributed by atoms with E-state index in [0.717, 1.165) is 16.7 Å². The van der Waals surface area contributed by atoms with Gasteiger partial charge in [-0.3, -0.25) is 4.79 Å². The number of nitrogens with two attached hydrogens (primary N) is 1. The maximum atomic E-state index is 12.4. The van der Waals surface area contributed by atoms with Crippen LogP contribution >= 0.6 is 11.8 Å². The van der Waals surface area contributed by atoms with Gasteiger partial charge in [-0.25, -0.2) is 0 Å². The Bertz CT molecular complexity index is 1040. The number of rotatable bonds is 10. The number of aromatic hydroxyl groups is 1. The molecule has 0 spiro atoms. The molecule has 0 aliphatic heterocycles. The van der Waals surface area contributed by atoms with E-state index < -0.39 is 17.5 Å². The Kier molecular flexibility index (Phi) is 8.24. The molecule has 5 nitrogen and oxygen atoms in total. The van der Waals surface area contributed by atoms with E-state index in [2.05, 4.69) is 5.32 Å². The van der Waals surface area contributed by atoms with Gasteiger partial charge in [0.05, 0.1) is 6.04 Å². The smallest absolute Gasteiger partial charge is 0.446 e. The van der Waals surface area contributed by atoms with Crippen molar-refractivity contribution in [3.8, 4) is 11.5 Å². The zero-order chi connectivity index (χ0) is 23.8. The molecule has 0 radical (unpaired) electrons. The van der Waals surface area contributed by atoms with Crippen molar-refractivity contribution in [1.29, 1.82) is 0 Å². The van der Waals surface area contributed by atoms with Gasteiger partial charge in [0, 0.05) is 11.4 Å². The van der Waals surface area contributed by atoms with Crippen molar-refractivity contribution in [2.75, 3.05) is 0 Å².